The van der Waals surface area contributed by atoms with E-state index in [2.05, 4.69) is 5.32 Å². The highest BCUT2D eigenvalue weighted by Crippen LogP contribution is 2.44. The Hall–Kier alpha value is -3.48. The summed E-state index contributed by atoms with van der Waals surface area (Å²) in [7, 11) is 0. The van der Waals surface area contributed by atoms with Gasteiger partial charge in [-0.25, -0.2) is 4.98 Å². The second kappa shape index (κ2) is 7.02. The Kier molecular flexibility index (Phi) is 4.22. The first kappa shape index (κ1) is 19.2. The number of para-hydroxylation sites is 1. The van der Waals surface area contributed by atoms with Crippen molar-refractivity contribution in [3.05, 3.63) is 69.8 Å². The third kappa shape index (κ3) is 2.73. The van der Waals surface area contributed by atoms with Gasteiger partial charge in [0.15, 0.2) is 0 Å². The van der Waals surface area contributed by atoms with Gasteiger partial charge in [0.05, 0.1) is 16.3 Å². The number of benzene rings is 2. The smallest absolute Gasteiger partial charge is 0.261 e. The third-order valence-corrected chi connectivity index (χ3v) is 7.25. The molecule has 7 nitrogen and oxygen atoms in total. The van der Waals surface area contributed by atoms with E-state index in [0.717, 1.165) is 42.8 Å². The molecular formula is C25H24N4O3. The molecule has 1 unspecified atom stereocenters. The van der Waals surface area contributed by atoms with Crippen molar-refractivity contribution in [1.29, 1.82) is 0 Å². The van der Waals surface area contributed by atoms with Gasteiger partial charge in [-0.3, -0.25) is 19.0 Å². The van der Waals surface area contributed by atoms with Gasteiger partial charge in [-0.1, -0.05) is 24.6 Å². The summed E-state index contributed by atoms with van der Waals surface area (Å²) in [4.78, 5) is 45.7. The van der Waals surface area contributed by atoms with Crippen molar-refractivity contribution in [3.63, 3.8) is 0 Å². The number of fused-ring (bicyclic) bond motifs is 4. The Bertz CT molecular complexity index is 1340. The first-order valence-electron chi connectivity index (χ1n) is 11.3. The lowest BCUT2D eigenvalue weighted by atomic mass is 9.81. The molecule has 4 heterocycles. The number of amides is 2. The second-order valence-electron chi connectivity index (χ2n) is 9.09. The molecule has 1 N–H and O–H groups in total. The van der Waals surface area contributed by atoms with Crippen molar-refractivity contribution in [2.75, 3.05) is 18.4 Å². The highest BCUT2D eigenvalue weighted by atomic mass is 16.2. The topological polar surface area (TPSA) is 84.3 Å². The van der Waals surface area contributed by atoms with Crippen LogP contribution in [0.25, 0.3) is 10.9 Å². The van der Waals surface area contributed by atoms with Crippen LogP contribution in [0.2, 0.25) is 0 Å². The molecule has 32 heavy (non-hydrogen) atoms. The maximum absolute atomic E-state index is 13.4. The summed E-state index contributed by atoms with van der Waals surface area (Å²) < 4.78 is 1.79. The number of aryl methyl sites for hydroxylation is 1. The number of rotatable bonds is 1. The number of hydrogen-bond donors (Lipinski definition) is 1. The first-order chi connectivity index (χ1) is 15.6. The van der Waals surface area contributed by atoms with Crippen LogP contribution in [0.15, 0.2) is 47.3 Å². The van der Waals surface area contributed by atoms with Gasteiger partial charge >= 0.3 is 0 Å². The lowest BCUT2D eigenvalue weighted by Gasteiger charge is -2.22. The summed E-state index contributed by atoms with van der Waals surface area (Å²) in [5.74, 6) is 0.645. The molecule has 0 saturated carbocycles. The molecule has 3 aliphatic heterocycles. The van der Waals surface area contributed by atoms with E-state index in [9.17, 15) is 14.4 Å². The van der Waals surface area contributed by atoms with Gasteiger partial charge in [0.2, 0.25) is 5.91 Å². The minimum Gasteiger partial charge on any atom is -0.337 e. The average molecular weight is 428 g/mol. The lowest BCUT2D eigenvalue weighted by molar-refractivity contribution is -0.120. The molecule has 6 rings (SSSR count). The fraction of sp³-hybridized carbons (Fsp3) is 0.360. The number of aromatic nitrogens is 2. The van der Waals surface area contributed by atoms with E-state index in [-0.39, 0.29) is 17.4 Å². The standard InChI is InChI=1S/C25H24N4O3/c30-22(28-13-11-25(15-28)18-6-3-4-7-19(18)27-24(25)32)16-9-10-17-20(14-16)26-21-8-2-1-5-12-29(21)23(17)31/h3-4,6-7,9-10,14H,1-2,5,8,11-13,15H2,(H,27,32). The zero-order valence-electron chi connectivity index (χ0n) is 17.8. The maximum Gasteiger partial charge on any atom is 0.261 e. The lowest BCUT2D eigenvalue weighted by Crippen LogP contribution is -2.39. The Morgan fingerprint density at radius 1 is 1.03 bits per heavy atom. The van der Waals surface area contributed by atoms with Crippen molar-refractivity contribution < 1.29 is 9.59 Å². The third-order valence-electron chi connectivity index (χ3n) is 7.25. The van der Waals surface area contributed by atoms with E-state index in [1.54, 1.807) is 27.7 Å². The van der Waals surface area contributed by atoms with Crippen LogP contribution < -0.4 is 10.9 Å². The second-order valence-corrected chi connectivity index (χ2v) is 9.09. The fourth-order valence-corrected chi connectivity index (χ4v) is 5.50. The Morgan fingerprint density at radius 3 is 2.81 bits per heavy atom. The number of carbonyl (C=O) groups excluding carboxylic acids is 2. The first-order valence-corrected chi connectivity index (χ1v) is 11.3. The molecule has 1 fully saturated rings. The van der Waals surface area contributed by atoms with Gasteiger partial charge in [0, 0.05) is 37.3 Å². The van der Waals surface area contributed by atoms with Gasteiger partial charge < -0.3 is 10.2 Å². The zero-order chi connectivity index (χ0) is 21.9. The molecule has 3 aliphatic rings. The Balaban J connectivity index is 1.33. The maximum atomic E-state index is 13.4. The summed E-state index contributed by atoms with van der Waals surface area (Å²) >= 11 is 0. The molecule has 1 saturated heterocycles. The number of anilines is 1. The molecule has 7 heteroatoms. The van der Waals surface area contributed by atoms with Gasteiger partial charge in [0.1, 0.15) is 5.82 Å². The minimum absolute atomic E-state index is 0.0229. The van der Waals surface area contributed by atoms with Crippen LogP contribution >= 0.6 is 0 Å². The van der Waals surface area contributed by atoms with Crippen LogP contribution in [0.5, 0.6) is 0 Å². The number of carbonyl (C=O) groups is 2. The summed E-state index contributed by atoms with van der Waals surface area (Å²) in [5, 5.41) is 3.52. The molecule has 2 aromatic carbocycles. The highest BCUT2D eigenvalue weighted by Gasteiger charge is 2.52. The SMILES string of the molecule is O=C(c1ccc2c(=O)n3c(nc2c1)CCCCC3)N1CCC2(C1)C(=O)Nc1ccccc12. The molecule has 2 amide bonds. The number of likely N-dealkylation sites (tertiary alicyclic amines) is 1. The fourth-order valence-electron chi connectivity index (χ4n) is 5.50. The molecule has 1 spiro atoms. The van der Waals surface area contributed by atoms with Gasteiger partial charge in [-0.15, -0.1) is 0 Å². The van der Waals surface area contributed by atoms with Crippen molar-refractivity contribution in [1.82, 2.24) is 14.5 Å². The molecule has 0 radical (unpaired) electrons. The summed E-state index contributed by atoms with van der Waals surface area (Å²) in [6, 6.07) is 12.9. The van der Waals surface area contributed by atoms with E-state index < -0.39 is 5.41 Å². The largest absolute Gasteiger partial charge is 0.337 e. The monoisotopic (exact) mass is 428 g/mol. The van der Waals surface area contributed by atoms with Crippen LogP contribution in [0.1, 0.15) is 47.4 Å². The zero-order valence-corrected chi connectivity index (χ0v) is 17.8. The van der Waals surface area contributed by atoms with Crippen LogP contribution in [-0.2, 0) is 23.2 Å². The summed E-state index contributed by atoms with van der Waals surface area (Å²) in [6.45, 7) is 1.57. The van der Waals surface area contributed by atoms with E-state index in [1.165, 1.54) is 0 Å². The van der Waals surface area contributed by atoms with E-state index in [1.807, 2.05) is 24.3 Å². The van der Waals surface area contributed by atoms with Crippen LogP contribution in [0.4, 0.5) is 5.69 Å². The van der Waals surface area contributed by atoms with Crippen LogP contribution in [0.3, 0.4) is 0 Å². The van der Waals surface area contributed by atoms with Crippen molar-refractivity contribution in [3.8, 4) is 0 Å². The summed E-state index contributed by atoms with van der Waals surface area (Å²) in [5.41, 5.74) is 2.18. The van der Waals surface area contributed by atoms with Crippen LogP contribution in [-0.4, -0.2) is 39.4 Å². The molecular weight excluding hydrogens is 404 g/mol. The molecule has 0 bridgehead atoms. The van der Waals surface area contributed by atoms with Gasteiger partial charge in [0.25, 0.3) is 11.5 Å². The number of nitrogens with one attached hydrogen (secondary N) is 1. The summed E-state index contributed by atoms with van der Waals surface area (Å²) in [6.07, 6.45) is 4.49. The van der Waals surface area contributed by atoms with E-state index in [0.29, 0.717) is 42.5 Å². The molecule has 0 aliphatic carbocycles. The van der Waals surface area contributed by atoms with E-state index in [4.69, 9.17) is 4.98 Å². The molecule has 1 aromatic heterocycles. The van der Waals surface area contributed by atoms with Crippen molar-refractivity contribution in [2.45, 2.75) is 44.1 Å². The van der Waals surface area contributed by atoms with E-state index >= 15 is 0 Å². The average Bonchev–Trinajstić information content (AvgIpc) is 3.27. The predicted octanol–water partition coefficient (Wildman–Crippen LogP) is 2.86. The van der Waals surface area contributed by atoms with Gasteiger partial charge in [-0.05, 0) is 49.1 Å². The number of hydrogen-bond acceptors (Lipinski definition) is 4. The molecule has 162 valence electrons. The normalized spacial score (nSPS) is 22.0. The minimum atomic E-state index is -0.683. The van der Waals surface area contributed by atoms with Crippen LogP contribution in [0, 0.1) is 0 Å². The Labute approximate surface area is 185 Å². The number of nitrogens with zero attached hydrogens (tertiary/aromatic N) is 3. The highest BCUT2D eigenvalue weighted by molar-refractivity contribution is 6.07. The molecule has 3 aromatic rings. The van der Waals surface area contributed by atoms with Crippen molar-refractivity contribution in [2.24, 2.45) is 0 Å². The predicted molar refractivity (Wildman–Crippen MR) is 121 cm³/mol. The molecule has 1 atom stereocenters. The quantitative estimate of drug-likeness (QED) is 0.646. The van der Waals surface area contributed by atoms with Gasteiger partial charge in [-0.2, -0.15) is 0 Å². The van der Waals surface area contributed by atoms with Crippen molar-refractivity contribution >= 4 is 28.4 Å². The Morgan fingerprint density at radius 2 is 1.91 bits per heavy atom.